The quantitative estimate of drug-likeness (QED) is 0.173. The molecule has 6 nitrogen and oxygen atoms in total. The molecule has 13 aromatic rings. The standard InChI is InChI=1S/C57H34N4O2S/c58-35-36-27-31-40(32-28-36)64(62,63)41-33-29-39(30-34-41)59-49-22-8-5-19-44(49)52-55(59)53-45-20-6-9-23-50(45)60(47-25-11-15-37-13-1-3-17-42(37)47)57(53)54-46-21-7-10-24-51(46)61(56(52)54)48-26-12-16-38-14-2-4-18-43(38)48/h1-34H. The van der Waals surface area contributed by atoms with Crippen LogP contribution in [-0.4, -0.2) is 22.1 Å². The van der Waals surface area contributed by atoms with Crippen LogP contribution in [0.2, 0.25) is 0 Å². The Morgan fingerprint density at radius 3 is 1.17 bits per heavy atom. The molecule has 0 bridgehead atoms. The molecule has 0 N–H and O–H groups in total. The fraction of sp³-hybridized carbons (Fsp3) is 0. The van der Waals surface area contributed by atoms with E-state index >= 15 is 0 Å². The van der Waals surface area contributed by atoms with Crippen LogP contribution in [0, 0.1) is 11.3 Å². The average Bonchev–Trinajstić information content (AvgIpc) is 4.00. The zero-order valence-corrected chi connectivity index (χ0v) is 35.0. The van der Waals surface area contributed by atoms with Gasteiger partial charge in [0.15, 0.2) is 0 Å². The van der Waals surface area contributed by atoms with Gasteiger partial charge in [-0.15, -0.1) is 0 Å². The summed E-state index contributed by atoms with van der Waals surface area (Å²) in [6.07, 6.45) is 0. The Morgan fingerprint density at radius 1 is 0.359 bits per heavy atom. The zero-order chi connectivity index (χ0) is 42.7. The van der Waals surface area contributed by atoms with Crippen molar-refractivity contribution in [3.05, 3.63) is 212 Å². The molecule has 0 aliphatic rings. The summed E-state index contributed by atoms with van der Waals surface area (Å²) >= 11 is 0. The first-order chi connectivity index (χ1) is 31.5. The van der Waals surface area contributed by atoms with Crippen LogP contribution < -0.4 is 0 Å². The summed E-state index contributed by atoms with van der Waals surface area (Å²) in [6.45, 7) is 0. The molecule has 0 aliphatic carbocycles. The monoisotopic (exact) mass is 838 g/mol. The van der Waals surface area contributed by atoms with E-state index in [0.717, 1.165) is 104 Å². The highest BCUT2D eigenvalue weighted by molar-refractivity contribution is 7.91. The van der Waals surface area contributed by atoms with Crippen LogP contribution in [0.25, 0.3) is 104 Å². The summed E-state index contributed by atoms with van der Waals surface area (Å²) in [6, 6.07) is 71.8. The lowest BCUT2D eigenvalue weighted by molar-refractivity contribution is 0.596. The Hall–Kier alpha value is -8.44. The van der Waals surface area contributed by atoms with E-state index in [1.165, 1.54) is 24.3 Å². The van der Waals surface area contributed by atoms with E-state index in [4.69, 9.17) is 0 Å². The second kappa shape index (κ2) is 13.5. The van der Waals surface area contributed by atoms with Crippen LogP contribution in [0.3, 0.4) is 0 Å². The van der Waals surface area contributed by atoms with Crippen molar-refractivity contribution in [2.45, 2.75) is 9.79 Å². The van der Waals surface area contributed by atoms with Gasteiger partial charge in [0.2, 0.25) is 9.84 Å². The van der Waals surface area contributed by atoms with E-state index in [-0.39, 0.29) is 9.79 Å². The third kappa shape index (κ3) is 4.97. The number of hydrogen-bond acceptors (Lipinski definition) is 3. The van der Waals surface area contributed by atoms with E-state index < -0.39 is 9.84 Å². The fourth-order valence-electron chi connectivity index (χ4n) is 10.3. The highest BCUT2D eigenvalue weighted by atomic mass is 32.2. The summed E-state index contributed by atoms with van der Waals surface area (Å²) in [5.74, 6) is 0. The molecule has 10 aromatic carbocycles. The van der Waals surface area contributed by atoms with E-state index in [1.807, 2.05) is 12.1 Å². The maximum absolute atomic E-state index is 14.0. The van der Waals surface area contributed by atoms with Crippen LogP contribution in [0.1, 0.15) is 5.56 Å². The molecule has 0 saturated heterocycles. The highest BCUT2D eigenvalue weighted by Crippen LogP contribution is 2.51. The topological polar surface area (TPSA) is 72.7 Å². The number of benzene rings is 10. The molecular weight excluding hydrogens is 805 g/mol. The second-order valence-electron chi connectivity index (χ2n) is 16.4. The number of sulfone groups is 1. The second-order valence-corrected chi connectivity index (χ2v) is 18.3. The van der Waals surface area contributed by atoms with Crippen molar-refractivity contribution in [1.82, 2.24) is 13.7 Å². The van der Waals surface area contributed by atoms with Crippen LogP contribution >= 0.6 is 0 Å². The van der Waals surface area contributed by atoms with E-state index in [0.29, 0.717) is 5.56 Å². The summed E-state index contributed by atoms with van der Waals surface area (Å²) < 4.78 is 35.3. The van der Waals surface area contributed by atoms with E-state index in [2.05, 4.69) is 177 Å². The maximum Gasteiger partial charge on any atom is 0.206 e. The van der Waals surface area contributed by atoms with Crippen molar-refractivity contribution in [1.29, 1.82) is 5.26 Å². The third-order valence-corrected chi connectivity index (χ3v) is 14.8. The van der Waals surface area contributed by atoms with Crippen LogP contribution in [0.5, 0.6) is 0 Å². The van der Waals surface area contributed by atoms with Crippen molar-refractivity contribution in [3.63, 3.8) is 0 Å². The Morgan fingerprint density at radius 2 is 0.719 bits per heavy atom. The molecule has 3 heterocycles. The number of nitriles is 1. The SMILES string of the molecule is N#Cc1ccc(S(=O)(=O)c2ccc(-n3c4ccccc4c4c3c3c5ccccc5n(-c5cccc6ccccc56)c3c3c5ccccc5n(-c5cccc6ccccc56)c43)cc2)cc1. The van der Waals surface area contributed by atoms with Gasteiger partial charge < -0.3 is 13.7 Å². The molecule has 0 amide bonds. The molecule has 64 heavy (non-hydrogen) atoms. The molecule has 0 spiro atoms. The first-order valence-electron chi connectivity index (χ1n) is 21.2. The van der Waals surface area contributed by atoms with Gasteiger partial charge in [-0.05, 0) is 89.6 Å². The van der Waals surface area contributed by atoms with Crippen LogP contribution in [-0.2, 0) is 9.84 Å². The minimum absolute atomic E-state index is 0.141. The lowest BCUT2D eigenvalue weighted by Crippen LogP contribution is -2.03. The van der Waals surface area contributed by atoms with Gasteiger partial charge >= 0.3 is 0 Å². The maximum atomic E-state index is 14.0. The number of aromatic nitrogens is 3. The first kappa shape index (κ1) is 36.2. The Bertz CT molecular complexity index is 4140. The van der Waals surface area contributed by atoms with Gasteiger partial charge in [0.25, 0.3) is 0 Å². The lowest BCUT2D eigenvalue weighted by Gasteiger charge is -2.15. The molecule has 13 rings (SSSR count). The minimum atomic E-state index is -3.87. The minimum Gasteiger partial charge on any atom is -0.308 e. The van der Waals surface area contributed by atoms with Crippen molar-refractivity contribution in [3.8, 4) is 23.1 Å². The van der Waals surface area contributed by atoms with Gasteiger partial charge in [-0.3, -0.25) is 0 Å². The van der Waals surface area contributed by atoms with Gasteiger partial charge in [0, 0.05) is 48.8 Å². The molecule has 300 valence electrons. The third-order valence-electron chi connectivity index (χ3n) is 13.0. The number of fused-ring (bicyclic) bond motifs is 14. The van der Waals surface area contributed by atoms with Gasteiger partial charge in [0.05, 0.1) is 65.9 Å². The van der Waals surface area contributed by atoms with Crippen molar-refractivity contribution in [2.75, 3.05) is 0 Å². The van der Waals surface area contributed by atoms with Gasteiger partial charge in [0.1, 0.15) is 0 Å². The fourth-order valence-corrected chi connectivity index (χ4v) is 11.6. The Labute approximate surface area is 367 Å². The molecule has 0 unspecified atom stereocenters. The van der Waals surface area contributed by atoms with Crippen LogP contribution in [0.15, 0.2) is 216 Å². The van der Waals surface area contributed by atoms with Crippen molar-refractivity contribution >= 4 is 96.8 Å². The zero-order valence-electron chi connectivity index (χ0n) is 34.1. The van der Waals surface area contributed by atoms with Gasteiger partial charge in [-0.25, -0.2) is 8.42 Å². The lowest BCUT2D eigenvalue weighted by atomic mass is 10.0. The van der Waals surface area contributed by atoms with Crippen LogP contribution in [0.4, 0.5) is 0 Å². The van der Waals surface area contributed by atoms with Gasteiger partial charge in [-0.2, -0.15) is 5.26 Å². The molecule has 0 fully saturated rings. The molecule has 0 radical (unpaired) electrons. The highest BCUT2D eigenvalue weighted by Gasteiger charge is 2.29. The van der Waals surface area contributed by atoms with Crippen molar-refractivity contribution in [2.24, 2.45) is 0 Å². The van der Waals surface area contributed by atoms with E-state index in [1.54, 1.807) is 12.1 Å². The summed E-state index contributed by atoms with van der Waals surface area (Å²) in [7, 11) is -3.87. The van der Waals surface area contributed by atoms with Gasteiger partial charge in [-0.1, -0.05) is 127 Å². The van der Waals surface area contributed by atoms with Crippen molar-refractivity contribution < 1.29 is 8.42 Å². The number of nitrogens with zero attached hydrogens (tertiary/aromatic N) is 4. The molecular formula is C57H34N4O2S. The summed E-state index contributed by atoms with van der Waals surface area (Å²) in [5, 5.41) is 20.7. The van der Waals surface area contributed by atoms with E-state index in [9.17, 15) is 13.7 Å². The molecule has 3 aromatic heterocycles. The molecule has 0 aliphatic heterocycles. The predicted molar refractivity (Wildman–Crippen MR) is 261 cm³/mol. The summed E-state index contributed by atoms with van der Waals surface area (Å²) in [5.41, 5.74) is 9.84. The molecule has 0 atom stereocenters. The smallest absolute Gasteiger partial charge is 0.206 e. The largest absolute Gasteiger partial charge is 0.308 e. The Balaban J connectivity index is 1.26. The first-order valence-corrected chi connectivity index (χ1v) is 22.7. The number of hydrogen-bond donors (Lipinski definition) is 0. The molecule has 0 saturated carbocycles. The molecule has 7 heteroatoms. The predicted octanol–water partition coefficient (Wildman–Crippen LogP) is 14.0. The Kier molecular flexibility index (Phi) is 7.66. The number of para-hydroxylation sites is 3. The summed E-state index contributed by atoms with van der Waals surface area (Å²) in [4.78, 5) is 0.320. The normalized spacial score (nSPS) is 12.2. The number of rotatable bonds is 5. The average molecular weight is 839 g/mol.